The van der Waals surface area contributed by atoms with Gasteiger partial charge in [0, 0.05) is 48.5 Å². The van der Waals surface area contributed by atoms with E-state index >= 15 is 0 Å². The van der Waals surface area contributed by atoms with Crippen molar-refractivity contribution in [1.29, 1.82) is 0 Å². The molecule has 128 valence electrons. The minimum absolute atomic E-state index is 0.511. The summed E-state index contributed by atoms with van der Waals surface area (Å²) in [5.74, 6) is 2.67. The van der Waals surface area contributed by atoms with Crippen LogP contribution < -0.4 is 5.32 Å². The summed E-state index contributed by atoms with van der Waals surface area (Å²) < 4.78 is 2.27. The van der Waals surface area contributed by atoms with Gasteiger partial charge >= 0.3 is 0 Å². The Hall–Kier alpha value is -2.62. The molecule has 1 aliphatic rings. The van der Waals surface area contributed by atoms with Gasteiger partial charge in [-0.05, 0) is 23.8 Å². The highest BCUT2D eigenvalue weighted by atomic mass is 15.1. The van der Waals surface area contributed by atoms with Crippen LogP contribution in [-0.4, -0.2) is 21.9 Å². The van der Waals surface area contributed by atoms with Gasteiger partial charge in [-0.15, -0.1) is 0 Å². The number of nitrogens with zero attached hydrogens (tertiary/aromatic N) is 3. The van der Waals surface area contributed by atoms with Crippen LogP contribution in [0.3, 0.4) is 0 Å². The van der Waals surface area contributed by atoms with Gasteiger partial charge in [-0.25, -0.2) is 4.98 Å². The van der Waals surface area contributed by atoms with Crippen LogP contribution in [0.25, 0.3) is 10.8 Å². The van der Waals surface area contributed by atoms with E-state index in [9.17, 15) is 0 Å². The molecule has 0 bridgehead atoms. The Morgan fingerprint density at radius 1 is 1.16 bits per heavy atom. The lowest BCUT2D eigenvalue weighted by Crippen LogP contribution is -2.17. The number of benzene rings is 2. The van der Waals surface area contributed by atoms with Crippen LogP contribution in [0.1, 0.15) is 31.7 Å². The number of hydrogen-bond donors (Lipinski definition) is 1. The molecule has 0 aliphatic carbocycles. The number of anilines is 1. The average Bonchev–Trinajstić information content (AvgIpc) is 3.24. The Labute approximate surface area is 148 Å². The Morgan fingerprint density at radius 2 is 2.00 bits per heavy atom. The lowest BCUT2D eigenvalue weighted by atomic mass is 10.0. The first kappa shape index (κ1) is 15.9. The topological polar surface area (TPSA) is 42.2 Å². The molecule has 0 amide bonds. The van der Waals surface area contributed by atoms with Gasteiger partial charge in [0.2, 0.25) is 0 Å². The molecule has 0 fully saturated rings. The van der Waals surface area contributed by atoms with Gasteiger partial charge in [0.05, 0.1) is 0 Å². The summed E-state index contributed by atoms with van der Waals surface area (Å²) in [6.45, 7) is 6.20. The molecular formula is C21H24N4. The molecule has 4 heteroatoms. The minimum Gasteiger partial charge on any atom is -0.339 e. The van der Waals surface area contributed by atoms with Gasteiger partial charge < -0.3 is 9.88 Å². The quantitative estimate of drug-likeness (QED) is 0.722. The Bertz CT molecular complexity index is 917. The summed E-state index contributed by atoms with van der Waals surface area (Å²) in [5, 5.41) is 6.06. The second kappa shape index (κ2) is 6.71. The number of imidazole rings is 1. The molecule has 0 spiro atoms. The fourth-order valence-corrected chi connectivity index (χ4v) is 3.60. The summed E-state index contributed by atoms with van der Waals surface area (Å²) in [5.41, 5.74) is 2.39. The molecule has 0 saturated heterocycles. The highest BCUT2D eigenvalue weighted by Crippen LogP contribution is 2.33. The number of rotatable bonds is 6. The van der Waals surface area contributed by atoms with E-state index < -0.39 is 0 Å². The monoisotopic (exact) mass is 332 g/mol. The van der Waals surface area contributed by atoms with Crippen LogP contribution >= 0.6 is 0 Å². The molecule has 4 nitrogen and oxygen atoms in total. The molecule has 1 atom stereocenters. The van der Waals surface area contributed by atoms with Crippen LogP contribution in [0, 0.1) is 5.92 Å². The van der Waals surface area contributed by atoms with Gasteiger partial charge in [-0.2, -0.15) is 0 Å². The fraction of sp³-hybridized carbons (Fsp3) is 0.333. The van der Waals surface area contributed by atoms with Crippen LogP contribution in [0.2, 0.25) is 0 Å². The molecule has 25 heavy (non-hydrogen) atoms. The molecule has 1 N–H and O–H groups in total. The predicted octanol–water partition coefficient (Wildman–Crippen LogP) is 4.50. The highest BCUT2D eigenvalue weighted by Gasteiger charge is 2.19. The predicted molar refractivity (Wildman–Crippen MR) is 104 cm³/mol. The minimum atomic E-state index is 0.511. The molecule has 1 unspecified atom stereocenters. The van der Waals surface area contributed by atoms with Crippen molar-refractivity contribution in [2.45, 2.75) is 33.2 Å². The van der Waals surface area contributed by atoms with E-state index in [1.165, 1.54) is 22.0 Å². The summed E-state index contributed by atoms with van der Waals surface area (Å²) >= 11 is 0. The third kappa shape index (κ3) is 2.93. The van der Waals surface area contributed by atoms with Gasteiger partial charge in [0.25, 0.3) is 0 Å². The molecule has 2 aromatic carbocycles. The Morgan fingerprint density at radius 3 is 2.80 bits per heavy atom. The van der Waals surface area contributed by atoms with Crippen LogP contribution in [-0.2, 0) is 13.0 Å². The largest absolute Gasteiger partial charge is 0.339 e. The second-order valence-electron chi connectivity index (χ2n) is 6.65. The maximum atomic E-state index is 4.94. The normalized spacial score (nSPS) is 15.7. The van der Waals surface area contributed by atoms with Gasteiger partial charge in [-0.3, -0.25) is 4.99 Å². The number of hydrogen-bond acceptors (Lipinski definition) is 2. The van der Waals surface area contributed by atoms with E-state index in [-0.39, 0.29) is 0 Å². The molecular weight excluding hydrogens is 308 g/mol. The maximum absolute atomic E-state index is 4.94. The zero-order chi connectivity index (χ0) is 17.2. The number of amidine groups is 1. The van der Waals surface area contributed by atoms with Crippen molar-refractivity contribution in [2.75, 3.05) is 11.9 Å². The number of aryl methyl sites for hydroxylation is 1. The summed E-state index contributed by atoms with van der Waals surface area (Å²) in [7, 11) is 0. The molecule has 1 aliphatic heterocycles. The lowest BCUT2D eigenvalue weighted by Gasteiger charge is -2.15. The Balaban J connectivity index is 1.55. The van der Waals surface area contributed by atoms with E-state index in [1.807, 2.05) is 6.20 Å². The van der Waals surface area contributed by atoms with Crippen LogP contribution in [0.4, 0.5) is 5.69 Å². The molecule has 0 radical (unpaired) electrons. The van der Waals surface area contributed by atoms with Crippen molar-refractivity contribution in [3.05, 3.63) is 60.2 Å². The SMILES string of the molecule is CCc1nccn1CC(CC)CN=C1Nc2cccc3cccc1c23. The zero-order valence-corrected chi connectivity index (χ0v) is 14.9. The van der Waals surface area contributed by atoms with Crippen LogP contribution in [0.5, 0.6) is 0 Å². The molecule has 3 aromatic rings. The van der Waals surface area contributed by atoms with Gasteiger partial charge in [0.15, 0.2) is 0 Å². The molecule has 0 saturated carbocycles. The van der Waals surface area contributed by atoms with Crippen molar-refractivity contribution in [2.24, 2.45) is 10.9 Å². The van der Waals surface area contributed by atoms with Gasteiger partial charge in [-0.1, -0.05) is 44.2 Å². The Kier molecular flexibility index (Phi) is 4.26. The van der Waals surface area contributed by atoms with E-state index in [1.54, 1.807) is 0 Å². The molecule has 4 rings (SSSR count). The van der Waals surface area contributed by atoms with E-state index in [0.29, 0.717) is 5.92 Å². The van der Waals surface area contributed by atoms with Gasteiger partial charge in [0.1, 0.15) is 11.7 Å². The first-order chi connectivity index (χ1) is 12.3. The third-order valence-corrected chi connectivity index (χ3v) is 5.07. The average molecular weight is 332 g/mol. The van der Waals surface area contributed by atoms with Crippen molar-refractivity contribution in [1.82, 2.24) is 9.55 Å². The lowest BCUT2D eigenvalue weighted by molar-refractivity contribution is 0.433. The second-order valence-corrected chi connectivity index (χ2v) is 6.65. The standard InChI is InChI=1S/C21H24N4/c1-3-15(14-25-12-11-22-19(25)4-2)13-23-21-17-9-5-7-16-8-6-10-18(24-21)20(16)17/h5-12,15H,3-4,13-14H2,1-2H3,(H,23,24). The first-order valence-corrected chi connectivity index (χ1v) is 9.13. The summed E-state index contributed by atoms with van der Waals surface area (Å²) in [4.78, 5) is 9.37. The molecule has 1 aromatic heterocycles. The van der Waals surface area contributed by atoms with Crippen molar-refractivity contribution < 1.29 is 0 Å². The smallest absolute Gasteiger partial charge is 0.133 e. The van der Waals surface area contributed by atoms with Crippen molar-refractivity contribution in [3.63, 3.8) is 0 Å². The van der Waals surface area contributed by atoms with Crippen LogP contribution in [0.15, 0.2) is 53.8 Å². The number of nitrogens with one attached hydrogen (secondary N) is 1. The van der Waals surface area contributed by atoms with Crippen molar-refractivity contribution >= 4 is 22.3 Å². The summed E-state index contributed by atoms with van der Waals surface area (Å²) in [6, 6.07) is 12.8. The molecule has 2 heterocycles. The van der Waals surface area contributed by atoms with E-state index in [0.717, 1.165) is 37.6 Å². The first-order valence-electron chi connectivity index (χ1n) is 9.13. The third-order valence-electron chi connectivity index (χ3n) is 5.07. The highest BCUT2D eigenvalue weighted by molar-refractivity contribution is 6.25. The van der Waals surface area contributed by atoms with E-state index in [4.69, 9.17) is 4.99 Å². The number of aliphatic imine (C=N–C) groups is 1. The summed E-state index contributed by atoms with van der Waals surface area (Å²) in [6.07, 6.45) is 6.05. The van der Waals surface area contributed by atoms with Crippen molar-refractivity contribution in [3.8, 4) is 0 Å². The number of aromatic nitrogens is 2. The maximum Gasteiger partial charge on any atom is 0.133 e. The van der Waals surface area contributed by atoms with E-state index in [2.05, 4.69) is 71.3 Å². The zero-order valence-electron chi connectivity index (χ0n) is 14.9. The fourth-order valence-electron chi connectivity index (χ4n) is 3.60.